The molecule has 0 bridgehead atoms. The van der Waals surface area contributed by atoms with Crippen molar-refractivity contribution < 1.29 is 0 Å². The minimum Gasteiger partial charge on any atom is -0.362 e. The maximum atomic E-state index is 5.94. The minimum absolute atomic E-state index is 0.799. The van der Waals surface area contributed by atoms with Gasteiger partial charge in [0.25, 0.3) is 0 Å². The topological polar surface area (TPSA) is 3.24 Å². The van der Waals surface area contributed by atoms with Crippen molar-refractivity contribution in [1.82, 2.24) is 4.90 Å². The van der Waals surface area contributed by atoms with E-state index in [0.717, 1.165) is 42.4 Å². The van der Waals surface area contributed by atoms with Crippen molar-refractivity contribution in [2.45, 2.75) is 45.6 Å². The fourth-order valence-electron chi connectivity index (χ4n) is 3.35. The number of rotatable bonds is 4. The Morgan fingerprint density at radius 2 is 1.92 bits per heavy atom. The molecular formula is C21H24ClNS. The molecule has 0 atom stereocenters. The van der Waals surface area contributed by atoms with Crippen molar-refractivity contribution in [2.24, 2.45) is 0 Å². The number of aryl methyl sites for hydroxylation is 3. The number of hydrogen-bond donors (Lipinski definition) is 0. The molecule has 3 rings (SSSR count). The molecule has 2 aromatic rings. The van der Waals surface area contributed by atoms with Gasteiger partial charge in [0.2, 0.25) is 0 Å². The average Bonchev–Trinajstić information content (AvgIpc) is 2.78. The van der Waals surface area contributed by atoms with Gasteiger partial charge in [-0.1, -0.05) is 59.7 Å². The van der Waals surface area contributed by atoms with E-state index in [1.165, 1.54) is 35.1 Å². The van der Waals surface area contributed by atoms with Crippen LogP contribution < -0.4 is 0 Å². The maximum absolute atomic E-state index is 5.94. The third kappa shape index (κ3) is 4.58. The highest BCUT2D eigenvalue weighted by Crippen LogP contribution is 2.21. The molecule has 0 radical (unpaired) electrons. The van der Waals surface area contributed by atoms with Gasteiger partial charge in [-0.25, -0.2) is 0 Å². The molecule has 0 saturated heterocycles. The first-order valence-corrected chi connectivity index (χ1v) is 9.51. The lowest BCUT2D eigenvalue weighted by Crippen LogP contribution is -2.29. The Balaban J connectivity index is 1.55. The fourth-order valence-corrected chi connectivity index (χ4v) is 3.78. The molecule has 1 aliphatic heterocycles. The van der Waals surface area contributed by atoms with Crippen LogP contribution >= 0.6 is 23.8 Å². The van der Waals surface area contributed by atoms with Crippen molar-refractivity contribution in [3.8, 4) is 0 Å². The summed E-state index contributed by atoms with van der Waals surface area (Å²) in [6.45, 7) is 4.22. The Morgan fingerprint density at radius 1 is 1.12 bits per heavy atom. The van der Waals surface area contributed by atoms with Crippen LogP contribution in [0.5, 0.6) is 0 Å². The maximum Gasteiger partial charge on any atom is 0.0782 e. The number of halogens is 1. The lowest BCUT2D eigenvalue weighted by molar-refractivity contribution is 0.415. The van der Waals surface area contributed by atoms with E-state index >= 15 is 0 Å². The first kappa shape index (κ1) is 17.4. The van der Waals surface area contributed by atoms with E-state index in [2.05, 4.69) is 42.2 Å². The lowest BCUT2D eigenvalue weighted by Gasteiger charge is -2.24. The highest BCUT2D eigenvalue weighted by molar-refractivity contribution is 7.80. The smallest absolute Gasteiger partial charge is 0.0782 e. The highest BCUT2D eigenvalue weighted by Gasteiger charge is 2.16. The highest BCUT2D eigenvalue weighted by atomic mass is 35.5. The Bertz CT molecular complexity index is 708. The minimum atomic E-state index is 0.799. The SMILES string of the molecule is Cc1ccc2c(c1)CCCN(C(=S)CCCc1ccc(Cl)cc1)C2. The molecule has 0 saturated carbocycles. The van der Waals surface area contributed by atoms with Crippen LogP contribution in [0.25, 0.3) is 0 Å². The van der Waals surface area contributed by atoms with Crippen molar-refractivity contribution in [3.05, 3.63) is 69.7 Å². The third-order valence-corrected chi connectivity index (χ3v) is 5.43. The zero-order valence-electron chi connectivity index (χ0n) is 14.2. The zero-order chi connectivity index (χ0) is 16.9. The summed E-state index contributed by atoms with van der Waals surface area (Å²) in [4.78, 5) is 3.51. The second kappa shape index (κ2) is 8.13. The van der Waals surface area contributed by atoms with Crippen molar-refractivity contribution in [1.29, 1.82) is 0 Å². The predicted molar refractivity (Wildman–Crippen MR) is 107 cm³/mol. The van der Waals surface area contributed by atoms with Crippen LogP contribution in [0.15, 0.2) is 42.5 Å². The van der Waals surface area contributed by atoms with Gasteiger partial charge < -0.3 is 4.90 Å². The Hall–Kier alpha value is -1.38. The summed E-state index contributed by atoms with van der Waals surface area (Å²) in [5.74, 6) is 0. The van der Waals surface area contributed by atoms with Gasteiger partial charge >= 0.3 is 0 Å². The molecule has 1 heterocycles. The normalized spacial score (nSPS) is 14.2. The lowest BCUT2D eigenvalue weighted by atomic mass is 10.0. The van der Waals surface area contributed by atoms with E-state index < -0.39 is 0 Å². The van der Waals surface area contributed by atoms with Gasteiger partial charge in [0.1, 0.15) is 0 Å². The summed E-state index contributed by atoms with van der Waals surface area (Å²) < 4.78 is 0. The molecule has 2 aromatic carbocycles. The van der Waals surface area contributed by atoms with E-state index in [1.807, 2.05) is 12.1 Å². The van der Waals surface area contributed by atoms with Crippen LogP contribution in [0, 0.1) is 6.92 Å². The summed E-state index contributed by atoms with van der Waals surface area (Å²) in [6.07, 6.45) is 5.49. The van der Waals surface area contributed by atoms with Crippen LogP contribution in [-0.4, -0.2) is 16.4 Å². The van der Waals surface area contributed by atoms with E-state index in [4.69, 9.17) is 23.8 Å². The van der Waals surface area contributed by atoms with Gasteiger partial charge in [-0.2, -0.15) is 0 Å². The second-order valence-electron chi connectivity index (χ2n) is 6.67. The molecule has 0 aliphatic carbocycles. The Labute approximate surface area is 155 Å². The molecule has 1 nitrogen and oxygen atoms in total. The van der Waals surface area contributed by atoms with Gasteiger partial charge in [-0.15, -0.1) is 0 Å². The quantitative estimate of drug-likeness (QED) is 0.641. The molecule has 0 aromatic heterocycles. The molecular weight excluding hydrogens is 334 g/mol. The predicted octanol–water partition coefficient (Wildman–Crippen LogP) is 5.75. The van der Waals surface area contributed by atoms with Crippen molar-refractivity contribution >= 4 is 28.8 Å². The van der Waals surface area contributed by atoms with E-state index in [0.29, 0.717) is 0 Å². The van der Waals surface area contributed by atoms with Crippen LogP contribution in [0.3, 0.4) is 0 Å². The molecule has 0 spiro atoms. The Morgan fingerprint density at radius 3 is 2.71 bits per heavy atom. The molecule has 0 amide bonds. The summed E-state index contributed by atoms with van der Waals surface area (Å²) in [5.41, 5.74) is 5.63. The van der Waals surface area contributed by atoms with Crippen molar-refractivity contribution in [3.63, 3.8) is 0 Å². The van der Waals surface area contributed by atoms with Gasteiger partial charge in [-0.05, 0) is 67.9 Å². The largest absolute Gasteiger partial charge is 0.362 e. The van der Waals surface area contributed by atoms with Crippen LogP contribution in [0.2, 0.25) is 5.02 Å². The molecule has 1 aliphatic rings. The molecule has 3 heteroatoms. The van der Waals surface area contributed by atoms with Crippen molar-refractivity contribution in [2.75, 3.05) is 6.54 Å². The summed E-state index contributed by atoms with van der Waals surface area (Å²) in [5, 5.41) is 0.799. The number of thiocarbonyl (C=S) groups is 1. The molecule has 24 heavy (non-hydrogen) atoms. The van der Waals surface area contributed by atoms with Gasteiger partial charge in [-0.3, -0.25) is 0 Å². The van der Waals surface area contributed by atoms with Crippen LogP contribution in [0.4, 0.5) is 0 Å². The van der Waals surface area contributed by atoms with Crippen LogP contribution in [0.1, 0.15) is 41.5 Å². The van der Waals surface area contributed by atoms with E-state index in [1.54, 1.807) is 0 Å². The monoisotopic (exact) mass is 357 g/mol. The number of fused-ring (bicyclic) bond motifs is 1. The standard InChI is InChI=1S/C21H24ClNS/c1-16-7-10-19-15-23(13-3-5-18(19)14-16)21(24)6-2-4-17-8-11-20(22)12-9-17/h7-12,14H,2-6,13,15H2,1H3. The summed E-state index contributed by atoms with van der Waals surface area (Å²) in [7, 11) is 0. The van der Waals surface area contributed by atoms with E-state index in [-0.39, 0.29) is 0 Å². The van der Waals surface area contributed by atoms with Crippen LogP contribution in [-0.2, 0) is 19.4 Å². The molecule has 0 N–H and O–H groups in total. The average molecular weight is 358 g/mol. The first-order chi connectivity index (χ1) is 11.6. The Kier molecular flexibility index (Phi) is 5.91. The van der Waals surface area contributed by atoms with Gasteiger partial charge in [0.05, 0.1) is 4.99 Å². The number of hydrogen-bond acceptors (Lipinski definition) is 1. The number of nitrogens with zero attached hydrogens (tertiary/aromatic N) is 1. The number of benzene rings is 2. The first-order valence-electron chi connectivity index (χ1n) is 8.72. The summed E-state index contributed by atoms with van der Waals surface area (Å²) >= 11 is 11.7. The molecule has 0 fully saturated rings. The van der Waals surface area contributed by atoms with E-state index in [9.17, 15) is 0 Å². The van der Waals surface area contributed by atoms with Gasteiger partial charge in [0, 0.05) is 18.1 Å². The third-order valence-electron chi connectivity index (χ3n) is 4.72. The summed E-state index contributed by atoms with van der Waals surface area (Å²) in [6, 6.07) is 15.0. The second-order valence-corrected chi connectivity index (χ2v) is 7.58. The fraction of sp³-hybridized carbons (Fsp3) is 0.381. The zero-order valence-corrected chi connectivity index (χ0v) is 15.8. The molecule has 0 unspecified atom stereocenters. The molecule has 126 valence electrons. The van der Waals surface area contributed by atoms with Gasteiger partial charge in [0.15, 0.2) is 0 Å².